The molecular formula is C16H15BrN2O2S. The molecule has 2 rings (SSSR count). The lowest BCUT2D eigenvalue weighted by atomic mass is 10.2. The molecule has 0 fully saturated rings. The highest BCUT2D eigenvalue weighted by Gasteiger charge is 2.06. The molecule has 0 radical (unpaired) electrons. The summed E-state index contributed by atoms with van der Waals surface area (Å²) in [4.78, 5) is 11.8. The van der Waals surface area contributed by atoms with Gasteiger partial charge in [-0.3, -0.25) is 10.1 Å². The topological polar surface area (TPSA) is 50.4 Å². The summed E-state index contributed by atoms with van der Waals surface area (Å²) in [5, 5.41) is 5.74. The Hall–Kier alpha value is -1.92. The van der Waals surface area contributed by atoms with Crippen LogP contribution in [0.5, 0.6) is 5.75 Å². The highest BCUT2D eigenvalue weighted by Crippen LogP contribution is 2.21. The third-order valence-corrected chi connectivity index (χ3v) is 3.88. The predicted molar refractivity (Wildman–Crippen MR) is 95.2 cm³/mol. The normalized spacial score (nSPS) is 9.91. The number of hydrogen-bond acceptors (Lipinski definition) is 3. The summed E-state index contributed by atoms with van der Waals surface area (Å²) in [6.45, 7) is 1.85. The Morgan fingerprint density at radius 3 is 2.64 bits per heavy atom. The van der Waals surface area contributed by atoms with E-state index in [0.717, 1.165) is 15.7 Å². The van der Waals surface area contributed by atoms with E-state index in [1.165, 1.54) is 0 Å². The van der Waals surface area contributed by atoms with Gasteiger partial charge in [-0.05, 0) is 55.0 Å². The number of anilines is 1. The fourth-order valence-corrected chi connectivity index (χ4v) is 2.18. The summed E-state index contributed by atoms with van der Waals surface area (Å²) in [6, 6.07) is 14.9. The number of carbonyl (C=O) groups excluding carboxylic acids is 1. The third-order valence-electron chi connectivity index (χ3n) is 2.78. The van der Waals surface area contributed by atoms with Crippen LogP contribution in [0, 0.1) is 6.92 Å². The first-order chi connectivity index (χ1) is 10.5. The SMILES string of the molecule is Cc1cc(OCC(=O)NC(=S)Nc2ccccc2)ccc1Br. The van der Waals surface area contributed by atoms with Crippen molar-refractivity contribution < 1.29 is 9.53 Å². The molecule has 0 saturated heterocycles. The third kappa shape index (κ3) is 5.13. The van der Waals surface area contributed by atoms with Crippen LogP contribution in [0.2, 0.25) is 0 Å². The van der Waals surface area contributed by atoms with E-state index in [1.54, 1.807) is 6.07 Å². The smallest absolute Gasteiger partial charge is 0.264 e. The molecule has 0 spiro atoms. The number of ether oxygens (including phenoxy) is 1. The average molecular weight is 379 g/mol. The molecule has 1 amide bonds. The van der Waals surface area contributed by atoms with Gasteiger partial charge in [0.25, 0.3) is 5.91 Å². The van der Waals surface area contributed by atoms with E-state index >= 15 is 0 Å². The molecule has 0 unspecified atom stereocenters. The number of hydrogen-bond donors (Lipinski definition) is 2. The Labute approximate surface area is 143 Å². The second-order valence-electron chi connectivity index (χ2n) is 4.57. The van der Waals surface area contributed by atoms with Crippen LogP contribution in [0.3, 0.4) is 0 Å². The highest BCUT2D eigenvalue weighted by molar-refractivity contribution is 9.10. The maximum absolute atomic E-state index is 11.8. The molecule has 6 heteroatoms. The van der Waals surface area contributed by atoms with Crippen LogP contribution in [0.15, 0.2) is 53.0 Å². The number of nitrogens with one attached hydrogen (secondary N) is 2. The molecule has 0 bridgehead atoms. The molecule has 0 atom stereocenters. The number of para-hydroxylation sites is 1. The molecular weight excluding hydrogens is 364 g/mol. The Morgan fingerprint density at radius 2 is 1.95 bits per heavy atom. The van der Waals surface area contributed by atoms with Gasteiger partial charge in [0.05, 0.1) is 0 Å². The number of benzene rings is 2. The number of amides is 1. The van der Waals surface area contributed by atoms with Crippen LogP contribution in [0.25, 0.3) is 0 Å². The lowest BCUT2D eigenvalue weighted by Gasteiger charge is -2.10. The first kappa shape index (κ1) is 16.5. The number of halogens is 1. The van der Waals surface area contributed by atoms with Crippen molar-refractivity contribution in [1.82, 2.24) is 5.32 Å². The van der Waals surface area contributed by atoms with Crippen molar-refractivity contribution >= 4 is 44.9 Å². The lowest BCUT2D eigenvalue weighted by Crippen LogP contribution is -2.37. The van der Waals surface area contributed by atoms with Crippen LogP contribution in [0.1, 0.15) is 5.56 Å². The van der Waals surface area contributed by atoms with Crippen molar-refractivity contribution in [3.05, 3.63) is 58.6 Å². The molecule has 4 nitrogen and oxygen atoms in total. The van der Waals surface area contributed by atoms with Crippen LogP contribution in [-0.4, -0.2) is 17.6 Å². The van der Waals surface area contributed by atoms with E-state index in [0.29, 0.717) is 5.75 Å². The second kappa shape index (κ2) is 7.91. The number of aryl methyl sites for hydroxylation is 1. The number of rotatable bonds is 4. The quantitative estimate of drug-likeness (QED) is 0.797. The van der Waals surface area contributed by atoms with E-state index in [2.05, 4.69) is 26.6 Å². The fraction of sp³-hybridized carbons (Fsp3) is 0.125. The summed E-state index contributed by atoms with van der Waals surface area (Å²) in [6.07, 6.45) is 0. The molecule has 2 aromatic carbocycles. The summed E-state index contributed by atoms with van der Waals surface area (Å²) in [7, 11) is 0. The first-order valence-electron chi connectivity index (χ1n) is 6.59. The number of carbonyl (C=O) groups is 1. The minimum absolute atomic E-state index is 0.0995. The number of thiocarbonyl (C=S) groups is 1. The van der Waals surface area contributed by atoms with E-state index < -0.39 is 0 Å². The summed E-state index contributed by atoms with van der Waals surface area (Å²) >= 11 is 8.49. The summed E-state index contributed by atoms with van der Waals surface area (Å²) in [5.41, 5.74) is 1.86. The van der Waals surface area contributed by atoms with Crippen molar-refractivity contribution in [2.75, 3.05) is 11.9 Å². The average Bonchev–Trinajstić information content (AvgIpc) is 2.49. The molecule has 0 aliphatic carbocycles. The molecule has 22 heavy (non-hydrogen) atoms. The van der Waals surface area contributed by atoms with E-state index in [4.69, 9.17) is 17.0 Å². The zero-order valence-electron chi connectivity index (χ0n) is 11.9. The van der Waals surface area contributed by atoms with Crippen molar-refractivity contribution in [2.45, 2.75) is 6.92 Å². The zero-order chi connectivity index (χ0) is 15.9. The molecule has 2 aromatic rings. The van der Waals surface area contributed by atoms with E-state index in [-0.39, 0.29) is 17.6 Å². The molecule has 2 N–H and O–H groups in total. The van der Waals surface area contributed by atoms with Gasteiger partial charge in [0.2, 0.25) is 0 Å². The van der Waals surface area contributed by atoms with Crippen molar-refractivity contribution in [2.24, 2.45) is 0 Å². The van der Waals surface area contributed by atoms with Gasteiger partial charge in [-0.25, -0.2) is 0 Å². The molecule has 114 valence electrons. The zero-order valence-corrected chi connectivity index (χ0v) is 14.3. The van der Waals surface area contributed by atoms with Gasteiger partial charge >= 0.3 is 0 Å². The molecule has 0 aliphatic heterocycles. The van der Waals surface area contributed by atoms with E-state index in [1.807, 2.05) is 49.4 Å². The monoisotopic (exact) mass is 378 g/mol. The van der Waals surface area contributed by atoms with Gasteiger partial charge in [0, 0.05) is 10.2 Å². The Bertz CT molecular complexity index is 677. The minimum atomic E-state index is -0.311. The van der Waals surface area contributed by atoms with E-state index in [9.17, 15) is 4.79 Å². The fourth-order valence-electron chi connectivity index (χ4n) is 1.70. The molecule has 0 aliphatic rings. The van der Waals surface area contributed by atoms with Gasteiger partial charge in [-0.1, -0.05) is 34.1 Å². The van der Waals surface area contributed by atoms with Crippen LogP contribution >= 0.6 is 28.1 Å². The largest absolute Gasteiger partial charge is 0.484 e. The van der Waals surface area contributed by atoms with Crippen molar-refractivity contribution in [1.29, 1.82) is 0 Å². The maximum Gasteiger partial charge on any atom is 0.264 e. The van der Waals surface area contributed by atoms with Crippen LogP contribution in [0.4, 0.5) is 5.69 Å². The summed E-state index contributed by atoms with van der Waals surface area (Å²) in [5.74, 6) is 0.326. The second-order valence-corrected chi connectivity index (χ2v) is 5.83. The van der Waals surface area contributed by atoms with Gasteiger partial charge in [-0.2, -0.15) is 0 Å². The van der Waals surface area contributed by atoms with Gasteiger partial charge in [-0.15, -0.1) is 0 Å². The van der Waals surface area contributed by atoms with Crippen LogP contribution < -0.4 is 15.4 Å². The standard InChI is InChI=1S/C16H15BrN2O2S/c1-11-9-13(7-8-14(11)17)21-10-15(20)19-16(22)18-12-5-3-2-4-6-12/h2-9H,10H2,1H3,(H2,18,19,20,22). The Morgan fingerprint density at radius 1 is 1.23 bits per heavy atom. The molecule has 0 aromatic heterocycles. The highest BCUT2D eigenvalue weighted by atomic mass is 79.9. The maximum atomic E-state index is 11.8. The Balaban J connectivity index is 1.80. The lowest BCUT2D eigenvalue weighted by molar-refractivity contribution is -0.121. The van der Waals surface area contributed by atoms with Crippen molar-refractivity contribution in [3.8, 4) is 5.75 Å². The predicted octanol–water partition coefficient (Wildman–Crippen LogP) is 3.65. The molecule has 0 saturated carbocycles. The van der Waals surface area contributed by atoms with Crippen LogP contribution in [-0.2, 0) is 4.79 Å². The molecule has 0 heterocycles. The van der Waals surface area contributed by atoms with Gasteiger partial charge < -0.3 is 10.1 Å². The Kier molecular flexibility index (Phi) is 5.91. The van der Waals surface area contributed by atoms with Crippen molar-refractivity contribution in [3.63, 3.8) is 0 Å². The van der Waals surface area contributed by atoms with Gasteiger partial charge in [0.15, 0.2) is 11.7 Å². The van der Waals surface area contributed by atoms with Gasteiger partial charge in [0.1, 0.15) is 5.75 Å². The summed E-state index contributed by atoms with van der Waals surface area (Å²) < 4.78 is 6.43. The first-order valence-corrected chi connectivity index (χ1v) is 7.79. The minimum Gasteiger partial charge on any atom is -0.484 e.